The Labute approximate surface area is 90.7 Å². The Morgan fingerprint density at radius 1 is 0.750 bits per heavy atom. The summed E-state index contributed by atoms with van der Waals surface area (Å²) in [4.78, 5) is 0. The van der Waals surface area contributed by atoms with Crippen molar-refractivity contribution in [3.05, 3.63) is 6.42 Å². The second kappa shape index (κ2) is 14.1. The minimum Gasteiger partial charge on any atom is -0.328 e. The average molecular weight is 162 g/mol. The number of hydrogen-bond donors (Lipinski definition) is 0. The topological polar surface area (TPSA) is 0 Å². The molecule has 0 spiro atoms. The van der Waals surface area contributed by atoms with Gasteiger partial charge in [-0.15, -0.1) is 0 Å². The van der Waals surface area contributed by atoms with E-state index in [0.29, 0.717) is 0 Å². The normalized spacial score (nSPS) is 9.50. The van der Waals surface area contributed by atoms with Crippen LogP contribution in [-0.2, 0) is 0 Å². The molecule has 0 aromatic rings. The van der Waals surface area contributed by atoms with E-state index in [4.69, 9.17) is 0 Å². The second-order valence-corrected chi connectivity index (χ2v) is 3.28. The molecule has 12 heavy (non-hydrogen) atoms. The summed E-state index contributed by atoms with van der Waals surface area (Å²) in [6.45, 7) is 4.52. The molecule has 0 nitrogen and oxygen atoms in total. The van der Waals surface area contributed by atoms with Crippen molar-refractivity contribution in [1.29, 1.82) is 0 Å². The first-order chi connectivity index (χ1) is 5.41. The summed E-state index contributed by atoms with van der Waals surface area (Å²) in [5.41, 5.74) is 0. The van der Waals surface area contributed by atoms with E-state index in [1.807, 2.05) is 0 Å². The van der Waals surface area contributed by atoms with E-state index in [9.17, 15) is 0 Å². The quantitative estimate of drug-likeness (QED) is 0.287. The molecule has 0 radical (unpaired) electrons. The Morgan fingerprint density at radius 3 is 1.50 bits per heavy atom. The van der Waals surface area contributed by atoms with Gasteiger partial charge in [0, 0.05) is 0 Å². The second-order valence-electron chi connectivity index (χ2n) is 3.28. The molecule has 0 saturated carbocycles. The number of hydrogen-bond acceptors (Lipinski definition) is 0. The van der Waals surface area contributed by atoms with Gasteiger partial charge in [-0.1, -0.05) is 52.4 Å². The van der Waals surface area contributed by atoms with Crippen molar-refractivity contribution in [2.45, 2.75) is 65.2 Å². The van der Waals surface area contributed by atoms with Gasteiger partial charge in [0.1, 0.15) is 0 Å². The molecule has 68 valence electrons. The molecule has 0 rings (SSSR count). The first-order valence-electron chi connectivity index (χ1n) is 5.23. The third kappa shape index (κ3) is 13.2. The minimum absolute atomic E-state index is 0. The van der Waals surface area contributed by atoms with Crippen LogP contribution >= 0.6 is 0 Å². The Morgan fingerprint density at radius 2 is 1.17 bits per heavy atom. The fourth-order valence-corrected chi connectivity index (χ4v) is 1.22. The van der Waals surface area contributed by atoms with Crippen molar-refractivity contribution in [1.82, 2.24) is 0 Å². The maximum atomic E-state index is 2.46. The van der Waals surface area contributed by atoms with Crippen LogP contribution in [0, 0.1) is 6.42 Å². The molecule has 0 aliphatic carbocycles. The van der Waals surface area contributed by atoms with Gasteiger partial charge in [0.05, 0.1) is 0 Å². The van der Waals surface area contributed by atoms with Crippen LogP contribution in [0.5, 0.6) is 0 Å². The van der Waals surface area contributed by atoms with Crippen LogP contribution in [0.1, 0.15) is 65.2 Å². The zero-order valence-electron chi connectivity index (χ0n) is 9.23. The Balaban J connectivity index is 0. The van der Waals surface area contributed by atoms with Crippen LogP contribution in [0.2, 0.25) is 0 Å². The smallest absolute Gasteiger partial charge is 0.328 e. The summed E-state index contributed by atoms with van der Waals surface area (Å²) in [7, 11) is 0. The van der Waals surface area contributed by atoms with E-state index in [1.165, 1.54) is 51.4 Å². The van der Waals surface area contributed by atoms with Gasteiger partial charge in [0.15, 0.2) is 0 Å². The Bertz CT molecular complexity index is 54.0. The molecule has 0 saturated heterocycles. The molecule has 0 aromatic carbocycles. The monoisotopic (exact) mass is 162 g/mol. The minimum atomic E-state index is 0. The molecule has 0 heterocycles. The number of rotatable bonds is 8. The maximum absolute atomic E-state index is 2.46. The summed E-state index contributed by atoms with van der Waals surface area (Å²) in [6.07, 6.45) is 13.5. The van der Waals surface area contributed by atoms with Crippen LogP contribution in [-0.4, -0.2) is 0 Å². The largest absolute Gasteiger partial charge is 1.00 e. The van der Waals surface area contributed by atoms with Gasteiger partial charge < -0.3 is 6.42 Å². The van der Waals surface area contributed by atoms with Crippen LogP contribution in [0.3, 0.4) is 0 Å². The predicted molar refractivity (Wildman–Crippen MR) is 52.6 cm³/mol. The van der Waals surface area contributed by atoms with Crippen LogP contribution in [0.4, 0.5) is 0 Å². The first-order valence-corrected chi connectivity index (χ1v) is 5.23. The molecule has 0 fully saturated rings. The standard InChI is InChI=1S/C11H23.Li/c1-3-5-7-9-11-10-8-6-4-2;/h11H,3-10H2,1-2H3;/q-1;+1. The SMILES string of the molecule is CCCCC[CH-]CCCCC.[Li+]. The molecule has 0 aliphatic rings. The van der Waals surface area contributed by atoms with E-state index >= 15 is 0 Å². The first kappa shape index (κ1) is 15.1. The fourth-order valence-electron chi connectivity index (χ4n) is 1.22. The molecule has 0 bridgehead atoms. The van der Waals surface area contributed by atoms with Crippen molar-refractivity contribution < 1.29 is 18.9 Å². The summed E-state index contributed by atoms with van der Waals surface area (Å²) in [5.74, 6) is 0. The molecular weight excluding hydrogens is 139 g/mol. The van der Waals surface area contributed by atoms with Crippen LogP contribution in [0.15, 0.2) is 0 Å². The maximum Gasteiger partial charge on any atom is 1.00 e. The molecule has 0 unspecified atom stereocenters. The predicted octanol–water partition coefficient (Wildman–Crippen LogP) is 1.36. The van der Waals surface area contributed by atoms with Gasteiger partial charge in [0.25, 0.3) is 0 Å². The zero-order valence-corrected chi connectivity index (χ0v) is 9.23. The molecule has 0 amide bonds. The van der Waals surface area contributed by atoms with Crippen molar-refractivity contribution in [2.24, 2.45) is 0 Å². The average Bonchev–Trinajstić information content (AvgIpc) is 2.03. The molecule has 0 N–H and O–H groups in total. The molecule has 1 heteroatoms. The van der Waals surface area contributed by atoms with Gasteiger partial charge in [-0.25, -0.2) is 0 Å². The van der Waals surface area contributed by atoms with Gasteiger partial charge >= 0.3 is 18.9 Å². The zero-order chi connectivity index (χ0) is 8.36. The summed E-state index contributed by atoms with van der Waals surface area (Å²) >= 11 is 0. The molecular formula is C11H23Li. The number of unbranched alkanes of at least 4 members (excludes halogenated alkanes) is 8. The van der Waals surface area contributed by atoms with E-state index in [-0.39, 0.29) is 18.9 Å². The van der Waals surface area contributed by atoms with Gasteiger partial charge in [-0.3, -0.25) is 0 Å². The fraction of sp³-hybridized carbons (Fsp3) is 0.909. The Kier molecular flexibility index (Phi) is 17.8. The third-order valence-corrected chi connectivity index (χ3v) is 2.02. The van der Waals surface area contributed by atoms with Gasteiger partial charge in [-0.2, -0.15) is 12.8 Å². The van der Waals surface area contributed by atoms with Crippen LogP contribution in [0.25, 0.3) is 0 Å². The third-order valence-electron chi connectivity index (χ3n) is 2.02. The van der Waals surface area contributed by atoms with Crippen molar-refractivity contribution >= 4 is 0 Å². The molecule has 0 aromatic heterocycles. The summed E-state index contributed by atoms with van der Waals surface area (Å²) < 4.78 is 0. The van der Waals surface area contributed by atoms with E-state index in [0.717, 1.165) is 0 Å². The van der Waals surface area contributed by atoms with E-state index in [1.54, 1.807) is 0 Å². The molecule has 0 atom stereocenters. The molecule has 0 aliphatic heterocycles. The van der Waals surface area contributed by atoms with Crippen molar-refractivity contribution in [2.75, 3.05) is 0 Å². The summed E-state index contributed by atoms with van der Waals surface area (Å²) in [5, 5.41) is 0. The van der Waals surface area contributed by atoms with Crippen molar-refractivity contribution in [3.8, 4) is 0 Å². The Hall–Kier alpha value is 0.597. The van der Waals surface area contributed by atoms with E-state index in [2.05, 4.69) is 20.3 Å². The van der Waals surface area contributed by atoms with Crippen LogP contribution < -0.4 is 18.9 Å². The van der Waals surface area contributed by atoms with Gasteiger partial charge in [-0.05, 0) is 0 Å². The summed E-state index contributed by atoms with van der Waals surface area (Å²) in [6, 6.07) is 0. The van der Waals surface area contributed by atoms with E-state index < -0.39 is 0 Å². The van der Waals surface area contributed by atoms with Crippen molar-refractivity contribution in [3.63, 3.8) is 0 Å². The van der Waals surface area contributed by atoms with Gasteiger partial charge in [0.2, 0.25) is 0 Å².